The molecule has 0 spiro atoms. The molecule has 1 aromatic carbocycles. The molecular weight excluding hydrogens is 475 g/mol. The molecule has 0 saturated heterocycles. The highest BCUT2D eigenvalue weighted by Gasteiger charge is 2.09. The number of hydrogen-bond donors (Lipinski definition) is 2. The zero-order valence-corrected chi connectivity index (χ0v) is 20.3. The van der Waals surface area contributed by atoms with Crippen LogP contribution in [0.2, 0.25) is 0 Å². The highest BCUT2D eigenvalue weighted by Crippen LogP contribution is 2.08. The van der Waals surface area contributed by atoms with E-state index in [0.29, 0.717) is 18.9 Å². The third kappa shape index (κ3) is 11.5. The van der Waals surface area contributed by atoms with Gasteiger partial charge in [-0.05, 0) is 37.6 Å². The van der Waals surface area contributed by atoms with E-state index in [-0.39, 0.29) is 35.8 Å². The van der Waals surface area contributed by atoms with E-state index in [1.807, 2.05) is 6.92 Å². The van der Waals surface area contributed by atoms with E-state index in [2.05, 4.69) is 58.6 Å². The van der Waals surface area contributed by atoms with Gasteiger partial charge >= 0.3 is 0 Å². The van der Waals surface area contributed by atoms with Crippen molar-refractivity contribution in [2.24, 2.45) is 4.99 Å². The largest absolute Gasteiger partial charge is 0.354 e. The summed E-state index contributed by atoms with van der Waals surface area (Å²) in [6.45, 7) is 10.0. The van der Waals surface area contributed by atoms with Gasteiger partial charge in [0, 0.05) is 32.4 Å². The summed E-state index contributed by atoms with van der Waals surface area (Å²) in [7, 11) is -1.22. The molecule has 6 nitrogen and oxygen atoms in total. The summed E-state index contributed by atoms with van der Waals surface area (Å²) in [5.41, 5.74) is 2.50. The van der Waals surface area contributed by atoms with E-state index < -0.39 is 9.84 Å². The minimum Gasteiger partial charge on any atom is -0.354 e. The lowest BCUT2D eigenvalue weighted by Gasteiger charge is -2.19. The van der Waals surface area contributed by atoms with Gasteiger partial charge in [0.1, 0.15) is 9.84 Å². The second-order valence-corrected chi connectivity index (χ2v) is 8.93. The van der Waals surface area contributed by atoms with Crippen LogP contribution in [-0.4, -0.2) is 57.5 Å². The predicted molar refractivity (Wildman–Crippen MR) is 126 cm³/mol. The predicted octanol–water partition coefficient (Wildman–Crippen LogP) is 2.63. The summed E-state index contributed by atoms with van der Waals surface area (Å²) in [6, 6.07) is 8.58. The molecule has 0 aliphatic rings. The van der Waals surface area contributed by atoms with Crippen LogP contribution in [0.15, 0.2) is 29.3 Å². The number of aliphatic imine (C=N–C) groups is 1. The van der Waals surface area contributed by atoms with Crippen molar-refractivity contribution in [3.05, 3.63) is 35.4 Å². The molecule has 156 valence electrons. The van der Waals surface area contributed by atoms with E-state index in [4.69, 9.17) is 0 Å². The molecule has 1 rings (SSSR count). The second kappa shape index (κ2) is 13.3. The van der Waals surface area contributed by atoms with Gasteiger partial charge in [-0.3, -0.25) is 9.89 Å². The topological polar surface area (TPSA) is 73.8 Å². The first kappa shape index (κ1) is 26.1. The van der Waals surface area contributed by atoms with E-state index in [9.17, 15) is 8.42 Å². The third-order valence-corrected chi connectivity index (χ3v) is 5.26. The number of sulfone groups is 1. The molecule has 8 heteroatoms. The fraction of sp³-hybridized carbons (Fsp3) is 0.632. The van der Waals surface area contributed by atoms with Gasteiger partial charge in [-0.25, -0.2) is 8.42 Å². The lowest BCUT2D eigenvalue weighted by atomic mass is 10.1. The Morgan fingerprint density at radius 3 is 2.41 bits per heavy atom. The van der Waals surface area contributed by atoms with Crippen molar-refractivity contribution in [3.63, 3.8) is 0 Å². The number of nitrogens with one attached hydrogen (secondary N) is 2. The molecule has 1 atom stereocenters. The fourth-order valence-electron chi connectivity index (χ4n) is 2.62. The summed E-state index contributed by atoms with van der Waals surface area (Å²) < 4.78 is 22.6. The summed E-state index contributed by atoms with van der Waals surface area (Å²) in [6.07, 6.45) is 1.82. The summed E-state index contributed by atoms with van der Waals surface area (Å²) in [5.74, 6) is 0.853. The van der Waals surface area contributed by atoms with Gasteiger partial charge in [-0.2, -0.15) is 0 Å². The van der Waals surface area contributed by atoms with Crippen molar-refractivity contribution in [1.29, 1.82) is 0 Å². The first-order valence-corrected chi connectivity index (χ1v) is 11.3. The van der Waals surface area contributed by atoms with Crippen LogP contribution in [-0.2, 0) is 22.9 Å². The third-order valence-electron chi connectivity index (χ3n) is 4.28. The van der Waals surface area contributed by atoms with Gasteiger partial charge in [0.05, 0.1) is 5.75 Å². The van der Waals surface area contributed by atoms with Gasteiger partial charge in [0.15, 0.2) is 5.96 Å². The maximum absolute atomic E-state index is 11.3. The average Bonchev–Trinajstić information content (AvgIpc) is 2.61. The van der Waals surface area contributed by atoms with Crippen LogP contribution in [0.25, 0.3) is 0 Å². The van der Waals surface area contributed by atoms with Crippen molar-refractivity contribution in [1.82, 2.24) is 15.5 Å². The Labute approximate surface area is 182 Å². The normalized spacial score (nSPS) is 13.2. The maximum atomic E-state index is 11.3. The molecule has 0 amide bonds. The van der Waals surface area contributed by atoms with Crippen molar-refractivity contribution in [2.45, 2.75) is 46.3 Å². The quantitative estimate of drug-likeness (QED) is 0.288. The molecular formula is C19H35IN4O2S. The Balaban J connectivity index is 0.00000676. The van der Waals surface area contributed by atoms with Gasteiger partial charge in [0.2, 0.25) is 0 Å². The van der Waals surface area contributed by atoms with Gasteiger partial charge < -0.3 is 10.6 Å². The smallest absolute Gasteiger partial charge is 0.191 e. The Morgan fingerprint density at radius 1 is 1.22 bits per heavy atom. The Kier molecular flexibility index (Phi) is 12.9. The van der Waals surface area contributed by atoms with E-state index in [1.54, 1.807) is 7.05 Å². The molecule has 27 heavy (non-hydrogen) atoms. The standard InChI is InChI=1S/C19H34N4O2S.HI/c1-6-23(7-2)15-18-10-8-9-17(13-18)14-21-19(20-4)22-16(3)11-12-26(5,24)25;/h8-10,13,16H,6-7,11-12,14-15H2,1-5H3,(H2,20,21,22);1H. The SMILES string of the molecule is CCN(CC)Cc1cccc(CNC(=NC)NC(C)CCS(C)(=O)=O)c1.I. The second-order valence-electron chi connectivity index (χ2n) is 6.67. The lowest BCUT2D eigenvalue weighted by molar-refractivity contribution is 0.296. The molecule has 1 aromatic rings. The van der Waals surface area contributed by atoms with Gasteiger partial charge in [0.25, 0.3) is 0 Å². The maximum Gasteiger partial charge on any atom is 0.191 e. The van der Waals surface area contributed by atoms with Crippen molar-refractivity contribution in [2.75, 3.05) is 32.1 Å². The zero-order chi connectivity index (χ0) is 19.6. The average molecular weight is 510 g/mol. The number of hydrogen-bond acceptors (Lipinski definition) is 4. The molecule has 0 bridgehead atoms. The Hall–Kier alpha value is -0.870. The van der Waals surface area contributed by atoms with Crippen molar-refractivity contribution in [3.8, 4) is 0 Å². The molecule has 0 aromatic heterocycles. The summed E-state index contributed by atoms with van der Waals surface area (Å²) >= 11 is 0. The van der Waals surface area contributed by atoms with Crippen molar-refractivity contribution >= 4 is 39.8 Å². The van der Waals surface area contributed by atoms with E-state index >= 15 is 0 Å². The number of rotatable bonds is 10. The molecule has 0 radical (unpaired) electrons. The monoisotopic (exact) mass is 510 g/mol. The Bertz CT molecular complexity index is 676. The first-order chi connectivity index (χ1) is 12.3. The highest BCUT2D eigenvalue weighted by molar-refractivity contribution is 14.0. The molecule has 2 N–H and O–H groups in total. The fourth-order valence-corrected chi connectivity index (χ4v) is 3.40. The van der Waals surface area contributed by atoms with Crippen LogP contribution >= 0.6 is 24.0 Å². The molecule has 0 aliphatic heterocycles. The van der Waals surface area contributed by atoms with Crippen LogP contribution in [0, 0.1) is 0 Å². The van der Waals surface area contributed by atoms with Gasteiger partial charge in [-0.1, -0.05) is 38.1 Å². The number of halogens is 1. The number of guanidine groups is 1. The van der Waals surface area contributed by atoms with E-state index in [1.165, 1.54) is 17.4 Å². The summed E-state index contributed by atoms with van der Waals surface area (Å²) in [4.78, 5) is 6.61. The molecule has 0 fully saturated rings. The van der Waals surface area contributed by atoms with Crippen LogP contribution in [0.1, 0.15) is 38.3 Å². The highest BCUT2D eigenvalue weighted by atomic mass is 127. The molecule has 0 heterocycles. The van der Waals surface area contributed by atoms with Gasteiger partial charge in [-0.15, -0.1) is 24.0 Å². The zero-order valence-electron chi connectivity index (χ0n) is 17.2. The summed E-state index contributed by atoms with van der Waals surface area (Å²) in [5, 5.41) is 6.54. The number of nitrogens with zero attached hydrogens (tertiary/aromatic N) is 2. The first-order valence-electron chi connectivity index (χ1n) is 9.22. The minimum absolute atomic E-state index is 0. The van der Waals surface area contributed by atoms with Crippen LogP contribution in [0.4, 0.5) is 0 Å². The lowest BCUT2D eigenvalue weighted by Crippen LogP contribution is -2.42. The van der Waals surface area contributed by atoms with Crippen LogP contribution in [0.5, 0.6) is 0 Å². The number of benzene rings is 1. The molecule has 0 saturated carbocycles. The molecule has 1 unspecified atom stereocenters. The Morgan fingerprint density at radius 2 is 1.85 bits per heavy atom. The molecule has 0 aliphatic carbocycles. The van der Waals surface area contributed by atoms with Crippen molar-refractivity contribution < 1.29 is 8.42 Å². The van der Waals surface area contributed by atoms with Crippen LogP contribution < -0.4 is 10.6 Å². The van der Waals surface area contributed by atoms with Crippen LogP contribution in [0.3, 0.4) is 0 Å². The minimum atomic E-state index is -2.94. The van der Waals surface area contributed by atoms with E-state index in [0.717, 1.165) is 19.6 Å².